The van der Waals surface area contributed by atoms with Gasteiger partial charge in [0, 0.05) is 15.8 Å². The third kappa shape index (κ3) is 4.66. The number of benzene rings is 2. The summed E-state index contributed by atoms with van der Waals surface area (Å²) >= 11 is 6.41. The molecule has 0 fully saturated rings. The van der Waals surface area contributed by atoms with Gasteiger partial charge in [-0.25, -0.2) is 0 Å². The van der Waals surface area contributed by atoms with Crippen molar-refractivity contribution in [3.8, 4) is 0 Å². The summed E-state index contributed by atoms with van der Waals surface area (Å²) in [6.07, 6.45) is 0. The summed E-state index contributed by atoms with van der Waals surface area (Å²) < 4.78 is 1.89. The van der Waals surface area contributed by atoms with Crippen LogP contribution in [0.4, 0.5) is 5.13 Å². The fraction of sp³-hybridized carbons (Fsp3) is 0.118. The molecule has 3 rings (SSSR count). The molecule has 0 aliphatic carbocycles. The van der Waals surface area contributed by atoms with Crippen LogP contribution < -0.4 is 5.32 Å². The standard InChI is InChI=1S/C17H14BrN3OS2/c1-11-2-6-13(7-3-11)15(22)19-16-20-21-17(24-16)23-10-12-4-8-14(18)9-5-12/h2-9H,10H2,1H3,(H,19,20,22). The van der Waals surface area contributed by atoms with Crippen LogP contribution in [0.25, 0.3) is 0 Å². The third-order valence-corrected chi connectivity index (χ3v) is 5.79. The second kappa shape index (κ2) is 7.92. The molecule has 7 heteroatoms. The van der Waals surface area contributed by atoms with Gasteiger partial charge in [0.1, 0.15) is 0 Å². The number of anilines is 1. The lowest BCUT2D eigenvalue weighted by Crippen LogP contribution is -2.11. The van der Waals surface area contributed by atoms with Crippen LogP contribution in [0.5, 0.6) is 0 Å². The van der Waals surface area contributed by atoms with Gasteiger partial charge in [-0.15, -0.1) is 10.2 Å². The number of nitrogens with zero attached hydrogens (tertiary/aromatic N) is 2. The molecular formula is C17H14BrN3OS2. The molecule has 1 N–H and O–H groups in total. The minimum Gasteiger partial charge on any atom is -0.296 e. The number of carbonyl (C=O) groups is 1. The molecule has 0 saturated carbocycles. The van der Waals surface area contributed by atoms with E-state index in [4.69, 9.17) is 0 Å². The predicted octanol–water partition coefficient (Wildman–Crippen LogP) is 5.15. The van der Waals surface area contributed by atoms with Gasteiger partial charge in [0.05, 0.1) is 0 Å². The molecule has 1 aromatic heterocycles. The lowest BCUT2D eigenvalue weighted by molar-refractivity contribution is 0.102. The Bertz CT molecular complexity index is 832. The van der Waals surface area contributed by atoms with Gasteiger partial charge in [0.15, 0.2) is 4.34 Å². The fourth-order valence-electron chi connectivity index (χ4n) is 1.92. The second-order valence-corrected chi connectivity index (χ2v) is 8.22. The van der Waals surface area contributed by atoms with E-state index in [0.717, 1.165) is 20.1 Å². The zero-order valence-electron chi connectivity index (χ0n) is 12.8. The van der Waals surface area contributed by atoms with Gasteiger partial charge in [-0.05, 0) is 36.8 Å². The Balaban J connectivity index is 1.58. The lowest BCUT2D eigenvalue weighted by atomic mass is 10.1. The number of hydrogen-bond acceptors (Lipinski definition) is 5. The Hall–Kier alpha value is -1.70. The number of aryl methyl sites for hydroxylation is 1. The van der Waals surface area contributed by atoms with Crippen molar-refractivity contribution in [2.75, 3.05) is 5.32 Å². The summed E-state index contributed by atoms with van der Waals surface area (Å²) in [7, 11) is 0. The first kappa shape index (κ1) is 17.1. The molecule has 1 heterocycles. The van der Waals surface area contributed by atoms with Gasteiger partial charge in [-0.1, -0.05) is 68.9 Å². The highest BCUT2D eigenvalue weighted by Crippen LogP contribution is 2.28. The van der Waals surface area contributed by atoms with E-state index >= 15 is 0 Å². The van der Waals surface area contributed by atoms with Crippen molar-refractivity contribution in [2.45, 2.75) is 17.0 Å². The number of aromatic nitrogens is 2. The molecule has 0 aliphatic rings. The van der Waals surface area contributed by atoms with Crippen molar-refractivity contribution in [1.29, 1.82) is 0 Å². The predicted molar refractivity (Wildman–Crippen MR) is 103 cm³/mol. The van der Waals surface area contributed by atoms with Gasteiger partial charge in [0.2, 0.25) is 5.13 Å². The minimum atomic E-state index is -0.171. The third-order valence-electron chi connectivity index (χ3n) is 3.22. The smallest absolute Gasteiger partial charge is 0.257 e. The molecule has 0 saturated heterocycles. The van der Waals surface area contributed by atoms with Crippen LogP contribution in [0.15, 0.2) is 57.3 Å². The first-order valence-electron chi connectivity index (χ1n) is 7.19. The van der Waals surface area contributed by atoms with Crippen molar-refractivity contribution >= 4 is 50.1 Å². The summed E-state index contributed by atoms with van der Waals surface area (Å²) in [5.41, 5.74) is 2.94. The molecule has 1 amide bonds. The fourth-order valence-corrected chi connectivity index (χ4v) is 3.89. The van der Waals surface area contributed by atoms with Crippen molar-refractivity contribution in [3.05, 3.63) is 69.7 Å². The molecule has 0 atom stereocenters. The summed E-state index contributed by atoms with van der Waals surface area (Å²) in [6.45, 7) is 1.99. The van der Waals surface area contributed by atoms with E-state index in [1.807, 2.05) is 31.2 Å². The van der Waals surface area contributed by atoms with Gasteiger partial charge < -0.3 is 0 Å². The van der Waals surface area contributed by atoms with E-state index in [9.17, 15) is 4.79 Å². The second-order valence-electron chi connectivity index (χ2n) is 5.11. The molecule has 24 heavy (non-hydrogen) atoms. The normalized spacial score (nSPS) is 10.6. The number of hydrogen-bond donors (Lipinski definition) is 1. The number of amides is 1. The number of nitrogens with one attached hydrogen (secondary N) is 1. The van der Waals surface area contributed by atoms with Gasteiger partial charge >= 0.3 is 0 Å². The highest BCUT2D eigenvalue weighted by Gasteiger charge is 2.10. The van der Waals surface area contributed by atoms with Crippen LogP contribution in [0.2, 0.25) is 0 Å². The molecule has 4 nitrogen and oxygen atoms in total. The Labute approximate surface area is 156 Å². The van der Waals surface area contributed by atoms with Gasteiger partial charge in [0.25, 0.3) is 5.91 Å². The van der Waals surface area contributed by atoms with Crippen LogP contribution in [0.1, 0.15) is 21.5 Å². The van der Waals surface area contributed by atoms with E-state index in [0.29, 0.717) is 10.7 Å². The molecule has 0 spiro atoms. The van der Waals surface area contributed by atoms with Crippen LogP contribution in [0, 0.1) is 6.92 Å². The van der Waals surface area contributed by atoms with E-state index < -0.39 is 0 Å². The first-order valence-corrected chi connectivity index (χ1v) is 9.78. The van der Waals surface area contributed by atoms with Crippen LogP contribution in [-0.2, 0) is 5.75 Å². The number of carbonyl (C=O) groups excluding carboxylic acids is 1. The highest BCUT2D eigenvalue weighted by molar-refractivity contribution is 9.10. The molecular weight excluding hydrogens is 406 g/mol. The van der Waals surface area contributed by atoms with Crippen LogP contribution in [-0.4, -0.2) is 16.1 Å². The van der Waals surface area contributed by atoms with Crippen molar-refractivity contribution in [1.82, 2.24) is 10.2 Å². The van der Waals surface area contributed by atoms with E-state index in [1.165, 1.54) is 16.9 Å². The van der Waals surface area contributed by atoms with E-state index in [1.54, 1.807) is 23.9 Å². The molecule has 2 aromatic carbocycles. The molecule has 0 unspecified atom stereocenters. The maximum absolute atomic E-state index is 12.2. The maximum atomic E-state index is 12.2. The van der Waals surface area contributed by atoms with Crippen molar-refractivity contribution in [3.63, 3.8) is 0 Å². The van der Waals surface area contributed by atoms with Crippen molar-refractivity contribution in [2.24, 2.45) is 0 Å². The van der Waals surface area contributed by atoms with Crippen LogP contribution >= 0.6 is 39.0 Å². The molecule has 122 valence electrons. The zero-order valence-corrected chi connectivity index (χ0v) is 16.0. The minimum absolute atomic E-state index is 0.171. The molecule has 0 aliphatic heterocycles. The number of halogens is 1. The topological polar surface area (TPSA) is 54.9 Å². The summed E-state index contributed by atoms with van der Waals surface area (Å²) in [6, 6.07) is 15.6. The average Bonchev–Trinajstić information content (AvgIpc) is 3.02. The molecule has 0 radical (unpaired) electrons. The average molecular weight is 420 g/mol. The summed E-state index contributed by atoms with van der Waals surface area (Å²) in [5, 5.41) is 11.5. The Morgan fingerprint density at radius 2 is 1.83 bits per heavy atom. The summed E-state index contributed by atoms with van der Waals surface area (Å²) in [5.74, 6) is 0.643. The summed E-state index contributed by atoms with van der Waals surface area (Å²) in [4.78, 5) is 12.2. The van der Waals surface area contributed by atoms with Crippen molar-refractivity contribution < 1.29 is 4.79 Å². The number of rotatable bonds is 5. The monoisotopic (exact) mass is 419 g/mol. The quantitative estimate of drug-likeness (QED) is 0.458. The van der Waals surface area contributed by atoms with E-state index in [-0.39, 0.29) is 5.91 Å². The largest absolute Gasteiger partial charge is 0.296 e. The van der Waals surface area contributed by atoms with Crippen LogP contribution in [0.3, 0.4) is 0 Å². The highest BCUT2D eigenvalue weighted by atomic mass is 79.9. The molecule has 3 aromatic rings. The maximum Gasteiger partial charge on any atom is 0.257 e. The Morgan fingerprint density at radius 3 is 2.54 bits per heavy atom. The zero-order chi connectivity index (χ0) is 16.9. The Kier molecular flexibility index (Phi) is 5.65. The first-order chi connectivity index (χ1) is 11.6. The Morgan fingerprint density at radius 1 is 1.12 bits per heavy atom. The van der Waals surface area contributed by atoms with E-state index in [2.05, 4.69) is 43.6 Å². The SMILES string of the molecule is Cc1ccc(C(=O)Nc2nnc(SCc3ccc(Br)cc3)s2)cc1. The lowest BCUT2D eigenvalue weighted by Gasteiger charge is -2.01. The van der Waals surface area contributed by atoms with Gasteiger partial charge in [-0.3, -0.25) is 10.1 Å². The molecule has 0 bridgehead atoms. The number of thioether (sulfide) groups is 1. The van der Waals surface area contributed by atoms with Gasteiger partial charge in [-0.2, -0.15) is 0 Å².